The number of carboxylic acid groups (broad SMARTS) is 1. The SMILES string of the molecule is COc1ccc(CNC(=O)[C@@H]2CC[C@H](C(=O)O)C2)c(OC2CCCC2)c1. The molecule has 1 aromatic rings. The molecule has 0 aliphatic heterocycles. The molecule has 0 unspecified atom stereocenters. The molecule has 2 N–H and O–H groups in total. The predicted molar refractivity (Wildman–Crippen MR) is 96.2 cm³/mol. The van der Waals surface area contributed by atoms with Gasteiger partial charge in [-0.15, -0.1) is 0 Å². The highest BCUT2D eigenvalue weighted by molar-refractivity contribution is 5.80. The maximum absolute atomic E-state index is 12.4. The van der Waals surface area contributed by atoms with Crippen molar-refractivity contribution in [2.24, 2.45) is 11.8 Å². The van der Waals surface area contributed by atoms with E-state index in [-0.39, 0.29) is 17.9 Å². The number of ether oxygens (including phenoxy) is 2. The van der Waals surface area contributed by atoms with Gasteiger partial charge in [-0.3, -0.25) is 9.59 Å². The van der Waals surface area contributed by atoms with Crippen molar-refractivity contribution in [3.63, 3.8) is 0 Å². The molecule has 0 heterocycles. The summed E-state index contributed by atoms with van der Waals surface area (Å²) in [6.45, 7) is 0.374. The minimum absolute atomic E-state index is 0.0728. The molecule has 0 bridgehead atoms. The van der Waals surface area contributed by atoms with Gasteiger partial charge < -0.3 is 19.9 Å². The van der Waals surface area contributed by atoms with Gasteiger partial charge in [0.15, 0.2) is 0 Å². The van der Waals surface area contributed by atoms with E-state index in [0.29, 0.717) is 25.8 Å². The quantitative estimate of drug-likeness (QED) is 0.779. The number of nitrogens with one attached hydrogen (secondary N) is 1. The van der Waals surface area contributed by atoms with E-state index >= 15 is 0 Å². The third kappa shape index (κ3) is 4.48. The summed E-state index contributed by atoms with van der Waals surface area (Å²) in [5.74, 6) is 0.000172. The van der Waals surface area contributed by atoms with E-state index in [1.165, 1.54) is 12.8 Å². The fourth-order valence-electron chi connectivity index (χ4n) is 3.87. The molecule has 26 heavy (non-hydrogen) atoms. The molecule has 3 rings (SSSR count). The summed E-state index contributed by atoms with van der Waals surface area (Å²) in [5, 5.41) is 12.0. The van der Waals surface area contributed by atoms with Gasteiger partial charge in [-0.2, -0.15) is 0 Å². The Bertz CT molecular complexity index is 654. The van der Waals surface area contributed by atoms with Gasteiger partial charge in [-0.05, 0) is 57.1 Å². The number of hydrogen-bond donors (Lipinski definition) is 2. The van der Waals surface area contributed by atoms with Crippen LogP contribution in [0.1, 0.15) is 50.5 Å². The van der Waals surface area contributed by atoms with Crippen LogP contribution < -0.4 is 14.8 Å². The fourth-order valence-corrected chi connectivity index (χ4v) is 3.87. The monoisotopic (exact) mass is 361 g/mol. The molecule has 2 fully saturated rings. The van der Waals surface area contributed by atoms with Crippen molar-refractivity contribution in [3.05, 3.63) is 23.8 Å². The zero-order chi connectivity index (χ0) is 18.5. The minimum Gasteiger partial charge on any atom is -0.497 e. The Kier molecular flexibility index (Phi) is 6.01. The maximum atomic E-state index is 12.4. The van der Waals surface area contributed by atoms with Gasteiger partial charge in [-0.1, -0.05) is 0 Å². The minimum atomic E-state index is -0.803. The van der Waals surface area contributed by atoms with Crippen LogP contribution in [0.3, 0.4) is 0 Å². The number of amides is 1. The summed E-state index contributed by atoms with van der Waals surface area (Å²) in [6, 6.07) is 5.65. The number of hydrogen-bond acceptors (Lipinski definition) is 4. The van der Waals surface area contributed by atoms with E-state index in [9.17, 15) is 9.59 Å². The van der Waals surface area contributed by atoms with E-state index in [4.69, 9.17) is 14.6 Å². The third-order valence-corrected chi connectivity index (χ3v) is 5.48. The zero-order valence-corrected chi connectivity index (χ0v) is 15.2. The van der Waals surface area contributed by atoms with Gasteiger partial charge in [0.25, 0.3) is 0 Å². The molecule has 1 aromatic carbocycles. The van der Waals surface area contributed by atoms with Crippen molar-refractivity contribution in [1.29, 1.82) is 0 Å². The first kappa shape index (κ1) is 18.5. The highest BCUT2D eigenvalue weighted by atomic mass is 16.5. The summed E-state index contributed by atoms with van der Waals surface area (Å²) in [7, 11) is 1.62. The van der Waals surface area contributed by atoms with Crippen LogP contribution in [0, 0.1) is 11.8 Å². The Hall–Kier alpha value is -2.24. The van der Waals surface area contributed by atoms with E-state index in [1.807, 2.05) is 18.2 Å². The predicted octanol–water partition coefficient (Wildman–Crippen LogP) is 3.13. The summed E-state index contributed by atoms with van der Waals surface area (Å²) < 4.78 is 11.4. The van der Waals surface area contributed by atoms with Crippen LogP contribution >= 0.6 is 0 Å². The molecule has 0 radical (unpaired) electrons. The number of carbonyl (C=O) groups excluding carboxylic acids is 1. The number of carboxylic acids is 1. The lowest BCUT2D eigenvalue weighted by Crippen LogP contribution is -2.29. The standard InChI is InChI=1S/C20H27NO5/c1-25-17-9-8-15(18(11-17)26-16-4-2-3-5-16)12-21-19(22)13-6-7-14(10-13)20(23)24/h8-9,11,13-14,16H,2-7,10,12H2,1H3,(H,21,22)(H,23,24)/t13-,14+/m1/s1. The third-order valence-electron chi connectivity index (χ3n) is 5.48. The van der Waals surface area contributed by atoms with Crippen LogP contribution in [-0.4, -0.2) is 30.2 Å². The smallest absolute Gasteiger partial charge is 0.306 e. The van der Waals surface area contributed by atoms with Crippen LogP contribution in [0.25, 0.3) is 0 Å². The van der Waals surface area contributed by atoms with Gasteiger partial charge >= 0.3 is 5.97 Å². The largest absolute Gasteiger partial charge is 0.497 e. The Labute approximate surface area is 153 Å². The molecule has 2 aliphatic carbocycles. The molecule has 6 nitrogen and oxygen atoms in total. The maximum Gasteiger partial charge on any atom is 0.306 e. The summed E-state index contributed by atoms with van der Waals surface area (Å²) >= 11 is 0. The molecule has 0 spiro atoms. The first-order valence-electron chi connectivity index (χ1n) is 9.41. The topological polar surface area (TPSA) is 84.9 Å². The first-order chi connectivity index (χ1) is 12.6. The van der Waals surface area contributed by atoms with E-state index in [0.717, 1.165) is 29.9 Å². The second-order valence-electron chi connectivity index (χ2n) is 7.26. The van der Waals surface area contributed by atoms with Crippen LogP contribution in [0.4, 0.5) is 0 Å². The number of aliphatic carboxylic acids is 1. The lowest BCUT2D eigenvalue weighted by Gasteiger charge is -2.18. The van der Waals surface area contributed by atoms with Crippen LogP contribution in [-0.2, 0) is 16.1 Å². The van der Waals surface area contributed by atoms with E-state index in [1.54, 1.807) is 7.11 Å². The Morgan fingerprint density at radius 2 is 1.88 bits per heavy atom. The Morgan fingerprint density at radius 1 is 1.15 bits per heavy atom. The number of rotatable bonds is 7. The highest BCUT2D eigenvalue weighted by Gasteiger charge is 2.33. The lowest BCUT2D eigenvalue weighted by molar-refractivity contribution is -0.141. The van der Waals surface area contributed by atoms with Gasteiger partial charge in [0.05, 0.1) is 19.1 Å². The van der Waals surface area contributed by atoms with E-state index in [2.05, 4.69) is 5.32 Å². The second-order valence-corrected chi connectivity index (χ2v) is 7.26. The second kappa shape index (κ2) is 8.43. The molecular weight excluding hydrogens is 334 g/mol. The normalized spacial score (nSPS) is 23.0. The zero-order valence-electron chi connectivity index (χ0n) is 15.2. The molecule has 142 valence electrons. The molecule has 0 aromatic heterocycles. The van der Waals surface area contributed by atoms with Crippen molar-refractivity contribution >= 4 is 11.9 Å². The molecule has 6 heteroatoms. The van der Waals surface area contributed by atoms with Crippen LogP contribution in [0.2, 0.25) is 0 Å². The number of methoxy groups -OCH3 is 1. The Balaban J connectivity index is 1.61. The summed E-state index contributed by atoms with van der Waals surface area (Å²) in [6.07, 6.45) is 6.35. The Morgan fingerprint density at radius 3 is 2.54 bits per heavy atom. The van der Waals surface area contributed by atoms with Crippen molar-refractivity contribution in [3.8, 4) is 11.5 Å². The summed E-state index contributed by atoms with van der Waals surface area (Å²) in [4.78, 5) is 23.5. The molecule has 2 atom stereocenters. The fraction of sp³-hybridized carbons (Fsp3) is 0.600. The molecule has 2 saturated carbocycles. The van der Waals surface area contributed by atoms with Gasteiger partial charge in [-0.25, -0.2) is 0 Å². The van der Waals surface area contributed by atoms with Gasteiger partial charge in [0.1, 0.15) is 11.5 Å². The molecular formula is C20H27NO5. The van der Waals surface area contributed by atoms with Gasteiger partial charge in [0, 0.05) is 24.1 Å². The van der Waals surface area contributed by atoms with Crippen molar-refractivity contribution < 1.29 is 24.2 Å². The average Bonchev–Trinajstić information content (AvgIpc) is 3.32. The van der Waals surface area contributed by atoms with Crippen LogP contribution in [0.15, 0.2) is 18.2 Å². The van der Waals surface area contributed by atoms with Crippen molar-refractivity contribution in [1.82, 2.24) is 5.32 Å². The molecule has 0 saturated heterocycles. The lowest BCUT2D eigenvalue weighted by atomic mass is 10.0. The average molecular weight is 361 g/mol. The van der Waals surface area contributed by atoms with E-state index < -0.39 is 11.9 Å². The van der Waals surface area contributed by atoms with Gasteiger partial charge in [0.2, 0.25) is 5.91 Å². The number of benzene rings is 1. The first-order valence-corrected chi connectivity index (χ1v) is 9.41. The molecule has 1 amide bonds. The van der Waals surface area contributed by atoms with Crippen LogP contribution in [0.5, 0.6) is 11.5 Å². The number of carbonyl (C=O) groups is 2. The van der Waals surface area contributed by atoms with Crippen molar-refractivity contribution in [2.45, 2.75) is 57.6 Å². The van der Waals surface area contributed by atoms with Crippen molar-refractivity contribution in [2.75, 3.05) is 7.11 Å². The highest BCUT2D eigenvalue weighted by Crippen LogP contribution is 2.32. The molecule has 2 aliphatic rings. The summed E-state index contributed by atoms with van der Waals surface area (Å²) in [5.41, 5.74) is 0.916.